The van der Waals surface area contributed by atoms with Gasteiger partial charge in [-0.15, -0.1) is 0 Å². The number of esters is 1. The highest BCUT2D eigenvalue weighted by atomic mass is 16.5. The molecule has 0 saturated heterocycles. The van der Waals surface area contributed by atoms with Crippen LogP contribution in [0.1, 0.15) is 12.8 Å². The number of hydrogen-bond acceptors (Lipinski definition) is 4. The molecular formula is C6H10O4. The lowest BCUT2D eigenvalue weighted by atomic mass is 10.2. The van der Waals surface area contributed by atoms with Gasteiger partial charge in [0.25, 0.3) is 0 Å². The molecule has 0 bridgehead atoms. The summed E-state index contributed by atoms with van der Waals surface area (Å²) >= 11 is 0. The van der Waals surface area contributed by atoms with Gasteiger partial charge in [0, 0.05) is 6.42 Å². The first-order valence-corrected chi connectivity index (χ1v) is 2.89. The molecule has 0 aromatic carbocycles. The molecule has 0 amide bonds. The molecule has 0 spiro atoms. The van der Waals surface area contributed by atoms with Gasteiger partial charge in [0.05, 0.1) is 19.6 Å². The first kappa shape index (κ1) is 9.10. The molecule has 0 fully saturated rings. The Bertz CT molecular complexity index is 121. The topological polar surface area (TPSA) is 63.6 Å². The molecule has 0 unspecified atom stereocenters. The normalized spacial score (nSPS) is 12.2. The second-order valence-corrected chi connectivity index (χ2v) is 1.84. The number of aliphatic hydroxyl groups is 1. The van der Waals surface area contributed by atoms with Crippen molar-refractivity contribution in [1.29, 1.82) is 0 Å². The fourth-order valence-corrected chi connectivity index (χ4v) is 0.470. The van der Waals surface area contributed by atoms with E-state index in [1.165, 1.54) is 7.11 Å². The molecule has 1 N–H and O–H groups in total. The van der Waals surface area contributed by atoms with Crippen molar-refractivity contribution in [3.05, 3.63) is 0 Å². The van der Waals surface area contributed by atoms with Crippen LogP contribution in [-0.4, -0.2) is 30.6 Å². The highest BCUT2D eigenvalue weighted by Gasteiger charge is 2.09. The zero-order valence-electron chi connectivity index (χ0n) is 5.74. The highest BCUT2D eigenvalue weighted by molar-refractivity contribution is 5.70. The van der Waals surface area contributed by atoms with Crippen LogP contribution < -0.4 is 0 Å². The molecule has 0 aliphatic carbocycles. The van der Waals surface area contributed by atoms with Crippen molar-refractivity contribution in [1.82, 2.24) is 0 Å². The molecule has 0 aromatic heterocycles. The van der Waals surface area contributed by atoms with Gasteiger partial charge >= 0.3 is 5.97 Å². The standard InChI is InChI=1S/C6H10O4/c1-10-6(9)4-5(8)2-3-7/h3,5,8H,2,4H2,1H3/t5-/m0/s1. The molecule has 58 valence electrons. The summed E-state index contributed by atoms with van der Waals surface area (Å²) < 4.78 is 4.25. The van der Waals surface area contributed by atoms with E-state index >= 15 is 0 Å². The molecule has 0 aromatic rings. The van der Waals surface area contributed by atoms with Crippen molar-refractivity contribution in [2.75, 3.05) is 7.11 Å². The van der Waals surface area contributed by atoms with Crippen LogP contribution in [0.2, 0.25) is 0 Å². The number of aliphatic hydroxyl groups excluding tert-OH is 1. The van der Waals surface area contributed by atoms with Gasteiger partial charge in [0.1, 0.15) is 6.29 Å². The summed E-state index contributed by atoms with van der Waals surface area (Å²) in [5, 5.41) is 8.82. The third kappa shape index (κ3) is 4.03. The fourth-order valence-electron chi connectivity index (χ4n) is 0.470. The molecule has 0 radical (unpaired) electrons. The number of aldehydes is 1. The molecule has 0 aliphatic rings. The Labute approximate surface area is 58.8 Å². The van der Waals surface area contributed by atoms with E-state index in [4.69, 9.17) is 5.11 Å². The summed E-state index contributed by atoms with van der Waals surface area (Å²) in [6, 6.07) is 0. The molecule has 10 heavy (non-hydrogen) atoms. The van der Waals surface area contributed by atoms with Gasteiger partial charge in [0.2, 0.25) is 0 Å². The second-order valence-electron chi connectivity index (χ2n) is 1.84. The average molecular weight is 146 g/mol. The second kappa shape index (κ2) is 4.93. The number of carbonyl (C=O) groups is 2. The van der Waals surface area contributed by atoms with Crippen LogP contribution in [0.5, 0.6) is 0 Å². The predicted molar refractivity (Wildman–Crippen MR) is 33.3 cm³/mol. The van der Waals surface area contributed by atoms with Crippen LogP contribution in [0.15, 0.2) is 0 Å². The van der Waals surface area contributed by atoms with E-state index in [9.17, 15) is 9.59 Å². The minimum atomic E-state index is -0.898. The highest BCUT2D eigenvalue weighted by Crippen LogP contribution is 1.95. The summed E-state index contributed by atoms with van der Waals surface area (Å²) in [6.45, 7) is 0. The van der Waals surface area contributed by atoms with Gasteiger partial charge in [-0.25, -0.2) is 0 Å². The van der Waals surface area contributed by atoms with Gasteiger partial charge in [-0.3, -0.25) is 4.79 Å². The van der Waals surface area contributed by atoms with Crippen molar-refractivity contribution in [3.63, 3.8) is 0 Å². The Morgan fingerprint density at radius 1 is 1.80 bits per heavy atom. The zero-order valence-corrected chi connectivity index (χ0v) is 5.74. The molecule has 4 heteroatoms. The largest absolute Gasteiger partial charge is 0.469 e. The van der Waals surface area contributed by atoms with Crippen LogP contribution >= 0.6 is 0 Å². The lowest BCUT2D eigenvalue weighted by Gasteiger charge is -2.02. The monoisotopic (exact) mass is 146 g/mol. The van der Waals surface area contributed by atoms with Crippen LogP contribution in [0.25, 0.3) is 0 Å². The molecule has 0 aliphatic heterocycles. The maximum absolute atomic E-state index is 10.4. The summed E-state index contributed by atoms with van der Waals surface area (Å²) in [5.74, 6) is -0.505. The fraction of sp³-hybridized carbons (Fsp3) is 0.667. The summed E-state index contributed by atoms with van der Waals surface area (Å²) in [4.78, 5) is 20.2. The Kier molecular flexibility index (Phi) is 4.49. The van der Waals surface area contributed by atoms with E-state index in [2.05, 4.69) is 4.74 Å². The van der Waals surface area contributed by atoms with Crippen LogP contribution in [0, 0.1) is 0 Å². The smallest absolute Gasteiger partial charge is 0.308 e. The van der Waals surface area contributed by atoms with E-state index < -0.39 is 12.1 Å². The van der Waals surface area contributed by atoms with E-state index in [1.807, 2.05) is 0 Å². The van der Waals surface area contributed by atoms with Crippen molar-refractivity contribution in [2.45, 2.75) is 18.9 Å². The van der Waals surface area contributed by atoms with E-state index in [0.717, 1.165) is 0 Å². The minimum absolute atomic E-state index is 0.0188. The predicted octanol–water partition coefficient (Wildman–Crippen LogP) is -0.501. The van der Waals surface area contributed by atoms with Gasteiger partial charge in [-0.05, 0) is 0 Å². The maximum Gasteiger partial charge on any atom is 0.308 e. The number of hydrogen-bond donors (Lipinski definition) is 1. The molecule has 1 atom stereocenters. The zero-order chi connectivity index (χ0) is 7.98. The lowest BCUT2D eigenvalue weighted by Crippen LogP contribution is -2.14. The Balaban J connectivity index is 3.46. The Morgan fingerprint density at radius 3 is 2.80 bits per heavy atom. The van der Waals surface area contributed by atoms with E-state index in [1.54, 1.807) is 0 Å². The van der Waals surface area contributed by atoms with Gasteiger partial charge in [0.15, 0.2) is 0 Å². The molecule has 0 heterocycles. The number of ether oxygens (including phenoxy) is 1. The summed E-state index contributed by atoms with van der Waals surface area (Å²) in [5.41, 5.74) is 0. The summed E-state index contributed by atoms with van der Waals surface area (Å²) in [6.07, 6.45) is -0.470. The third-order valence-electron chi connectivity index (χ3n) is 0.998. The first-order chi connectivity index (χ1) is 4.70. The van der Waals surface area contributed by atoms with Gasteiger partial charge in [-0.1, -0.05) is 0 Å². The van der Waals surface area contributed by atoms with E-state index in [-0.39, 0.29) is 12.8 Å². The first-order valence-electron chi connectivity index (χ1n) is 2.89. The van der Waals surface area contributed by atoms with Crippen LogP contribution in [0.3, 0.4) is 0 Å². The number of carbonyl (C=O) groups excluding carboxylic acids is 2. The Hall–Kier alpha value is -0.900. The van der Waals surface area contributed by atoms with Crippen molar-refractivity contribution >= 4 is 12.3 Å². The quantitative estimate of drug-likeness (QED) is 0.429. The average Bonchev–Trinajstić information content (AvgIpc) is 1.88. The SMILES string of the molecule is COC(=O)C[C@@H](O)CC=O. The Morgan fingerprint density at radius 2 is 2.40 bits per heavy atom. The van der Waals surface area contributed by atoms with Gasteiger partial charge < -0.3 is 14.6 Å². The lowest BCUT2D eigenvalue weighted by molar-refractivity contribution is -0.142. The van der Waals surface area contributed by atoms with E-state index in [0.29, 0.717) is 6.29 Å². The van der Waals surface area contributed by atoms with Crippen molar-refractivity contribution < 1.29 is 19.4 Å². The van der Waals surface area contributed by atoms with Crippen LogP contribution in [0.4, 0.5) is 0 Å². The number of methoxy groups -OCH3 is 1. The third-order valence-corrected chi connectivity index (χ3v) is 0.998. The molecular weight excluding hydrogens is 136 g/mol. The molecule has 0 saturated carbocycles. The van der Waals surface area contributed by atoms with Crippen molar-refractivity contribution in [3.8, 4) is 0 Å². The molecule has 0 rings (SSSR count). The maximum atomic E-state index is 10.4. The molecule has 4 nitrogen and oxygen atoms in total. The number of rotatable bonds is 4. The van der Waals surface area contributed by atoms with Gasteiger partial charge in [-0.2, -0.15) is 0 Å². The van der Waals surface area contributed by atoms with Crippen LogP contribution in [-0.2, 0) is 14.3 Å². The summed E-state index contributed by atoms with van der Waals surface area (Å²) in [7, 11) is 1.23. The van der Waals surface area contributed by atoms with Crippen molar-refractivity contribution in [2.24, 2.45) is 0 Å². The minimum Gasteiger partial charge on any atom is -0.469 e.